The van der Waals surface area contributed by atoms with Crippen molar-refractivity contribution in [3.05, 3.63) is 48.0 Å². The molecule has 3 aromatic rings. The number of hydrogen-bond acceptors (Lipinski definition) is 8. The maximum Gasteiger partial charge on any atom is 0.325 e. The van der Waals surface area contributed by atoms with Crippen molar-refractivity contribution in [1.29, 1.82) is 0 Å². The third-order valence-electron chi connectivity index (χ3n) is 4.83. The van der Waals surface area contributed by atoms with Gasteiger partial charge in [0, 0.05) is 11.8 Å². The van der Waals surface area contributed by atoms with Crippen LogP contribution in [-0.4, -0.2) is 51.1 Å². The number of unbranched alkanes of at least 4 members (excludes halogenated alkanes) is 1. The second-order valence-corrected chi connectivity index (χ2v) is 8.24. The summed E-state index contributed by atoms with van der Waals surface area (Å²) in [6.45, 7) is 3.10. The molecule has 0 unspecified atom stereocenters. The fraction of sp³-hybridized carbons (Fsp3) is 0.318. The number of carbonyl (C=O) groups is 2. The highest BCUT2D eigenvalue weighted by Crippen LogP contribution is 2.32. The van der Waals surface area contributed by atoms with Crippen molar-refractivity contribution in [2.75, 3.05) is 24.3 Å². The number of amides is 3. The third-order valence-corrected chi connectivity index (χ3v) is 5.75. The van der Waals surface area contributed by atoms with E-state index in [-0.39, 0.29) is 5.75 Å². The van der Waals surface area contributed by atoms with Crippen molar-refractivity contribution in [1.82, 2.24) is 25.5 Å². The number of thioether (sulfide) groups is 1. The SMILES string of the molecule is CCCCc1ccc(-n2nnnc2SCC(=O)NC(=O)Nc2ccc3c(c2)OCCO3)cc1. The van der Waals surface area contributed by atoms with Gasteiger partial charge in [0.2, 0.25) is 11.1 Å². The number of rotatable bonds is 8. The van der Waals surface area contributed by atoms with E-state index in [4.69, 9.17) is 9.47 Å². The molecule has 2 N–H and O–H groups in total. The molecular weight excluding hydrogens is 444 g/mol. The number of ether oxygens (including phenoxy) is 2. The van der Waals surface area contributed by atoms with Crippen molar-refractivity contribution in [2.45, 2.75) is 31.3 Å². The number of aryl methyl sites for hydroxylation is 1. The van der Waals surface area contributed by atoms with Gasteiger partial charge in [0.1, 0.15) is 13.2 Å². The predicted molar refractivity (Wildman–Crippen MR) is 123 cm³/mol. The molecule has 172 valence electrons. The number of nitrogens with zero attached hydrogens (tertiary/aromatic N) is 4. The molecule has 0 fully saturated rings. The number of imide groups is 1. The van der Waals surface area contributed by atoms with Gasteiger partial charge in [-0.05, 0) is 53.1 Å². The Hall–Kier alpha value is -3.60. The molecule has 33 heavy (non-hydrogen) atoms. The van der Waals surface area contributed by atoms with E-state index in [0.29, 0.717) is 35.6 Å². The minimum Gasteiger partial charge on any atom is -0.486 e. The third kappa shape index (κ3) is 6.01. The topological polar surface area (TPSA) is 120 Å². The molecule has 2 aromatic carbocycles. The van der Waals surface area contributed by atoms with Crippen LogP contribution in [0.15, 0.2) is 47.6 Å². The average molecular weight is 469 g/mol. The van der Waals surface area contributed by atoms with Crippen LogP contribution in [0.2, 0.25) is 0 Å². The molecule has 1 aromatic heterocycles. The van der Waals surface area contributed by atoms with Gasteiger partial charge in [-0.2, -0.15) is 4.68 Å². The number of nitrogens with one attached hydrogen (secondary N) is 2. The highest BCUT2D eigenvalue weighted by Gasteiger charge is 2.15. The van der Waals surface area contributed by atoms with Crippen LogP contribution in [0.5, 0.6) is 11.5 Å². The molecule has 11 heteroatoms. The number of anilines is 1. The summed E-state index contributed by atoms with van der Waals surface area (Å²) < 4.78 is 12.5. The summed E-state index contributed by atoms with van der Waals surface area (Å²) in [4.78, 5) is 24.4. The first-order valence-corrected chi connectivity index (χ1v) is 11.6. The fourth-order valence-corrected chi connectivity index (χ4v) is 3.88. The van der Waals surface area contributed by atoms with Gasteiger partial charge in [-0.25, -0.2) is 4.79 Å². The van der Waals surface area contributed by atoms with E-state index in [1.54, 1.807) is 22.9 Å². The monoisotopic (exact) mass is 468 g/mol. The van der Waals surface area contributed by atoms with E-state index < -0.39 is 11.9 Å². The number of fused-ring (bicyclic) bond motifs is 1. The molecule has 0 saturated heterocycles. The van der Waals surface area contributed by atoms with Crippen molar-refractivity contribution >= 4 is 29.4 Å². The van der Waals surface area contributed by atoms with Crippen LogP contribution >= 0.6 is 11.8 Å². The van der Waals surface area contributed by atoms with Crippen LogP contribution in [0.25, 0.3) is 5.69 Å². The van der Waals surface area contributed by atoms with Gasteiger partial charge in [0.15, 0.2) is 11.5 Å². The van der Waals surface area contributed by atoms with Crippen LogP contribution in [0, 0.1) is 0 Å². The summed E-state index contributed by atoms with van der Waals surface area (Å²) in [6, 6.07) is 12.4. The number of carbonyl (C=O) groups excluding carboxylic acids is 2. The molecule has 3 amide bonds. The van der Waals surface area contributed by atoms with E-state index in [0.717, 1.165) is 36.7 Å². The van der Waals surface area contributed by atoms with Gasteiger partial charge in [-0.3, -0.25) is 10.1 Å². The summed E-state index contributed by atoms with van der Waals surface area (Å²) in [6.07, 6.45) is 3.32. The summed E-state index contributed by atoms with van der Waals surface area (Å²) in [5.41, 5.74) is 2.55. The Kier molecular flexibility index (Phi) is 7.40. The molecule has 0 aliphatic carbocycles. The molecule has 1 aliphatic heterocycles. The molecule has 4 rings (SSSR count). The second-order valence-electron chi connectivity index (χ2n) is 7.29. The zero-order valence-electron chi connectivity index (χ0n) is 18.1. The molecule has 1 aliphatic rings. The lowest BCUT2D eigenvalue weighted by molar-refractivity contribution is -0.117. The van der Waals surface area contributed by atoms with Crippen molar-refractivity contribution in [3.63, 3.8) is 0 Å². The second kappa shape index (κ2) is 10.8. The van der Waals surface area contributed by atoms with Gasteiger partial charge in [-0.15, -0.1) is 5.10 Å². The highest BCUT2D eigenvalue weighted by molar-refractivity contribution is 7.99. The van der Waals surface area contributed by atoms with Gasteiger partial charge in [0.05, 0.1) is 11.4 Å². The van der Waals surface area contributed by atoms with E-state index in [9.17, 15) is 9.59 Å². The van der Waals surface area contributed by atoms with Crippen LogP contribution in [0.4, 0.5) is 10.5 Å². The van der Waals surface area contributed by atoms with Crippen molar-refractivity contribution in [3.8, 4) is 17.2 Å². The smallest absolute Gasteiger partial charge is 0.325 e. The first-order chi connectivity index (χ1) is 16.1. The number of hydrogen-bond donors (Lipinski definition) is 2. The minimum atomic E-state index is -0.639. The van der Waals surface area contributed by atoms with Crippen LogP contribution < -0.4 is 20.1 Å². The predicted octanol–water partition coefficient (Wildman–Crippen LogP) is 3.22. The largest absolute Gasteiger partial charge is 0.486 e. The Bertz CT molecular complexity index is 1120. The Morgan fingerprint density at radius 3 is 2.67 bits per heavy atom. The van der Waals surface area contributed by atoms with Crippen molar-refractivity contribution in [2.24, 2.45) is 0 Å². The lowest BCUT2D eigenvalue weighted by atomic mass is 10.1. The maximum absolute atomic E-state index is 12.2. The van der Waals surface area contributed by atoms with Gasteiger partial charge >= 0.3 is 6.03 Å². The lowest BCUT2D eigenvalue weighted by Crippen LogP contribution is -2.35. The molecule has 0 atom stereocenters. The molecular formula is C22H24N6O4S. The molecule has 10 nitrogen and oxygen atoms in total. The molecule has 0 spiro atoms. The fourth-order valence-electron chi connectivity index (χ4n) is 3.19. The Morgan fingerprint density at radius 2 is 1.88 bits per heavy atom. The molecule has 0 bridgehead atoms. The lowest BCUT2D eigenvalue weighted by Gasteiger charge is -2.19. The highest BCUT2D eigenvalue weighted by atomic mass is 32.2. The molecule has 0 radical (unpaired) electrons. The first-order valence-electron chi connectivity index (χ1n) is 10.6. The van der Waals surface area contributed by atoms with E-state index in [1.807, 2.05) is 12.1 Å². The molecule has 0 saturated carbocycles. The quantitative estimate of drug-likeness (QED) is 0.484. The Morgan fingerprint density at radius 1 is 1.09 bits per heavy atom. The summed E-state index contributed by atoms with van der Waals surface area (Å²) >= 11 is 1.14. The van der Waals surface area contributed by atoms with E-state index >= 15 is 0 Å². The maximum atomic E-state index is 12.2. The minimum absolute atomic E-state index is 0.0243. The van der Waals surface area contributed by atoms with Crippen LogP contribution in [0.1, 0.15) is 25.3 Å². The first kappa shape index (κ1) is 22.6. The standard InChI is InChI=1S/C22H24N6O4S/c1-2-3-4-15-5-8-17(9-6-15)28-22(25-26-27-28)33-14-20(29)24-21(30)23-16-7-10-18-19(13-16)32-12-11-31-18/h5-10,13H,2-4,11-12,14H2,1H3,(H2,23,24,29,30). The molecule has 2 heterocycles. The van der Waals surface area contributed by atoms with Gasteiger partial charge < -0.3 is 14.8 Å². The summed E-state index contributed by atoms with van der Waals surface area (Å²) in [5.74, 6) is 0.669. The van der Waals surface area contributed by atoms with Crippen molar-refractivity contribution < 1.29 is 19.1 Å². The zero-order valence-corrected chi connectivity index (χ0v) is 18.9. The van der Waals surface area contributed by atoms with E-state index in [1.165, 1.54) is 5.56 Å². The van der Waals surface area contributed by atoms with Gasteiger partial charge in [-0.1, -0.05) is 37.2 Å². The normalized spacial score (nSPS) is 12.3. The number of benzene rings is 2. The zero-order chi connectivity index (χ0) is 23.0. The summed E-state index contributed by atoms with van der Waals surface area (Å²) in [5, 5.41) is 17.1. The Balaban J connectivity index is 1.29. The van der Waals surface area contributed by atoms with E-state index in [2.05, 4.69) is 45.2 Å². The number of urea groups is 1. The Labute approximate surface area is 195 Å². The van der Waals surface area contributed by atoms with Crippen LogP contribution in [-0.2, 0) is 11.2 Å². The number of aromatic nitrogens is 4. The summed E-state index contributed by atoms with van der Waals surface area (Å²) in [7, 11) is 0. The number of tetrazole rings is 1. The van der Waals surface area contributed by atoms with Crippen LogP contribution in [0.3, 0.4) is 0 Å². The average Bonchev–Trinajstić information content (AvgIpc) is 3.30. The van der Waals surface area contributed by atoms with Gasteiger partial charge in [0.25, 0.3) is 0 Å².